The van der Waals surface area contributed by atoms with Gasteiger partial charge in [0.1, 0.15) is 0 Å². The third-order valence-corrected chi connectivity index (χ3v) is 4.18. The summed E-state index contributed by atoms with van der Waals surface area (Å²) < 4.78 is 0. The van der Waals surface area contributed by atoms with Crippen LogP contribution in [0.25, 0.3) is 0 Å². The zero-order chi connectivity index (χ0) is 15.9. The Hall–Kier alpha value is -1.39. The number of amides is 1. The number of piperidine rings is 1. The number of likely N-dealkylation sites (tertiary alicyclic amines) is 1. The van der Waals surface area contributed by atoms with Crippen LogP contribution >= 0.6 is 0 Å². The van der Waals surface area contributed by atoms with E-state index < -0.39 is 0 Å². The van der Waals surface area contributed by atoms with Crippen molar-refractivity contribution in [2.24, 2.45) is 5.92 Å². The molecule has 0 radical (unpaired) electrons. The number of benzene rings is 1. The predicted octanol–water partition coefficient (Wildman–Crippen LogP) is 2.26. The van der Waals surface area contributed by atoms with Gasteiger partial charge >= 0.3 is 0 Å². The van der Waals surface area contributed by atoms with Gasteiger partial charge in [0.05, 0.1) is 0 Å². The molecule has 0 aromatic heterocycles. The van der Waals surface area contributed by atoms with E-state index in [0.29, 0.717) is 12.0 Å². The second-order valence-corrected chi connectivity index (χ2v) is 6.67. The first-order valence-corrected chi connectivity index (χ1v) is 8.35. The van der Waals surface area contributed by atoms with Crippen LogP contribution in [0.1, 0.15) is 42.6 Å². The zero-order valence-corrected chi connectivity index (χ0v) is 14.1. The van der Waals surface area contributed by atoms with Crippen LogP contribution in [0, 0.1) is 5.92 Å². The Morgan fingerprint density at radius 1 is 1.41 bits per heavy atom. The highest BCUT2D eigenvalue weighted by Gasteiger charge is 2.18. The number of nitrogens with zero attached hydrogens (tertiary/aromatic N) is 1. The van der Waals surface area contributed by atoms with Crippen molar-refractivity contribution in [2.45, 2.75) is 39.3 Å². The molecule has 1 heterocycles. The minimum atomic E-state index is 0.0299. The van der Waals surface area contributed by atoms with Crippen molar-refractivity contribution in [3.8, 4) is 0 Å². The van der Waals surface area contributed by atoms with Gasteiger partial charge in [0.25, 0.3) is 5.91 Å². The molecule has 0 spiro atoms. The second-order valence-electron chi connectivity index (χ2n) is 6.67. The van der Waals surface area contributed by atoms with Gasteiger partial charge in [-0.1, -0.05) is 26.0 Å². The standard InChI is InChI=1S/C18H29N3O/c1-14(2)11-20-18(22)16-7-4-6-15(10-16)12-21-9-5-8-17(13-21)19-3/h4,6-7,10,14,17,19H,5,8-9,11-13H2,1-3H3,(H,20,22). The molecule has 1 aliphatic rings. The number of nitrogens with one attached hydrogen (secondary N) is 2. The van der Waals surface area contributed by atoms with Gasteiger partial charge in [-0.2, -0.15) is 0 Å². The summed E-state index contributed by atoms with van der Waals surface area (Å²) in [6.45, 7) is 8.07. The van der Waals surface area contributed by atoms with E-state index in [1.165, 1.54) is 18.4 Å². The van der Waals surface area contributed by atoms with Gasteiger partial charge in [-0.05, 0) is 50.0 Å². The van der Waals surface area contributed by atoms with Crippen LogP contribution in [-0.4, -0.2) is 43.5 Å². The van der Waals surface area contributed by atoms with E-state index in [1.807, 2.05) is 25.2 Å². The summed E-state index contributed by atoms with van der Waals surface area (Å²) in [5.41, 5.74) is 1.98. The van der Waals surface area contributed by atoms with Crippen molar-refractivity contribution in [2.75, 3.05) is 26.7 Å². The van der Waals surface area contributed by atoms with E-state index in [9.17, 15) is 4.79 Å². The first kappa shape index (κ1) is 17.0. The van der Waals surface area contributed by atoms with E-state index in [0.717, 1.165) is 31.7 Å². The number of likely N-dealkylation sites (N-methyl/N-ethyl adjacent to an activating group) is 1. The van der Waals surface area contributed by atoms with Crippen molar-refractivity contribution in [1.29, 1.82) is 0 Å². The zero-order valence-electron chi connectivity index (χ0n) is 14.1. The van der Waals surface area contributed by atoms with E-state index in [1.54, 1.807) is 0 Å². The molecule has 1 unspecified atom stereocenters. The van der Waals surface area contributed by atoms with Crippen LogP contribution in [-0.2, 0) is 6.54 Å². The van der Waals surface area contributed by atoms with Crippen molar-refractivity contribution >= 4 is 5.91 Å². The molecule has 0 saturated carbocycles. The van der Waals surface area contributed by atoms with Crippen LogP contribution in [0.5, 0.6) is 0 Å². The lowest BCUT2D eigenvalue weighted by Crippen LogP contribution is -2.43. The molecule has 4 heteroatoms. The van der Waals surface area contributed by atoms with E-state index >= 15 is 0 Å². The second kappa shape index (κ2) is 8.30. The van der Waals surface area contributed by atoms with Crippen LogP contribution in [0.2, 0.25) is 0 Å². The Morgan fingerprint density at radius 3 is 2.95 bits per heavy atom. The minimum Gasteiger partial charge on any atom is -0.352 e. The molecule has 1 atom stereocenters. The molecule has 1 aromatic rings. The normalized spacial score (nSPS) is 19.4. The molecule has 2 rings (SSSR count). The van der Waals surface area contributed by atoms with Gasteiger partial charge in [0.2, 0.25) is 0 Å². The molecule has 22 heavy (non-hydrogen) atoms. The van der Waals surface area contributed by atoms with E-state index in [2.05, 4.69) is 35.4 Å². The highest BCUT2D eigenvalue weighted by atomic mass is 16.1. The van der Waals surface area contributed by atoms with Gasteiger partial charge < -0.3 is 10.6 Å². The molecular weight excluding hydrogens is 274 g/mol. The van der Waals surface area contributed by atoms with Crippen LogP contribution in [0.3, 0.4) is 0 Å². The third-order valence-electron chi connectivity index (χ3n) is 4.18. The van der Waals surface area contributed by atoms with Crippen LogP contribution in [0.15, 0.2) is 24.3 Å². The number of carbonyl (C=O) groups excluding carboxylic acids is 1. The van der Waals surface area contributed by atoms with Crippen molar-refractivity contribution in [3.05, 3.63) is 35.4 Å². The minimum absolute atomic E-state index is 0.0299. The monoisotopic (exact) mass is 303 g/mol. The molecule has 1 fully saturated rings. The maximum atomic E-state index is 12.2. The van der Waals surface area contributed by atoms with Gasteiger partial charge in [0, 0.05) is 31.2 Å². The summed E-state index contributed by atoms with van der Waals surface area (Å²) in [4.78, 5) is 14.6. The summed E-state index contributed by atoms with van der Waals surface area (Å²) in [7, 11) is 2.04. The Labute approximate surface area is 134 Å². The lowest BCUT2D eigenvalue weighted by Gasteiger charge is -2.32. The maximum Gasteiger partial charge on any atom is 0.251 e. The summed E-state index contributed by atoms with van der Waals surface area (Å²) in [5, 5.41) is 6.35. The quantitative estimate of drug-likeness (QED) is 0.847. The molecule has 0 aliphatic carbocycles. The fourth-order valence-corrected chi connectivity index (χ4v) is 2.90. The molecule has 0 bridgehead atoms. The van der Waals surface area contributed by atoms with Crippen LogP contribution in [0.4, 0.5) is 0 Å². The third kappa shape index (κ3) is 5.11. The Kier molecular flexibility index (Phi) is 6.40. The number of hydrogen-bond donors (Lipinski definition) is 2. The SMILES string of the molecule is CNC1CCCN(Cc2cccc(C(=O)NCC(C)C)c2)C1. The molecule has 2 N–H and O–H groups in total. The molecule has 4 nitrogen and oxygen atoms in total. The fourth-order valence-electron chi connectivity index (χ4n) is 2.90. The largest absolute Gasteiger partial charge is 0.352 e. The molecular formula is C18H29N3O. The van der Waals surface area contributed by atoms with Crippen LogP contribution < -0.4 is 10.6 Å². The summed E-state index contributed by atoms with van der Waals surface area (Å²) in [6.07, 6.45) is 2.49. The van der Waals surface area contributed by atoms with Gasteiger partial charge in [-0.3, -0.25) is 9.69 Å². The summed E-state index contributed by atoms with van der Waals surface area (Å²) in [5.74, 6) is 0.501. The average molecular weight is 303 g/mol. The van der Waals surface area contributed by atoms with Gasteiger partial charge in [0.15, 0.2) is 0 Å². The van der Waals surface area contributed by atoms with Crippen molar-refractivity contribution in [1.82, 2.24) is 15.5 Å². The smallest absolute Gasteiger partial charge is 0.251 e. The molecule has 122 valence electrons. The van der Waals surface area contributed by atoms with E-state index in [-0.39, 0.29) is 5.91 Å². The summed E-state index contributed by atoms with van der Waals surface area (Å²) >= 11 is 0. The highest BCUT2D eigenvalue weighted by Crippen LogP contribution is 2.14. The van der Waals surface area contributed by atoms with Gasteiger partial charge in [-0.15, -0.1) is 0 Å². The predicted molar refractivity (Wildman–Crippen MR) is 91.0 cm³/mol. The van der Waals surface area contributed by atoms with E-state index in [4.69, 9.17) is 0 Å². The number of rotatable bonds is 6. The lowest BCUT2D eigenvalue weighted by atomic mass is 10.0. The number of hydrogen-bond acceptors (Lipinski definition) is 3. The molecule has 1 aliphatic heterocycles. The topological polar surface area (TPSA) is 44.4 Å². The highest BCUT2D eigenvalue weighted by molar-refractivity contribution is 5.94. The van der Waals surface area contributed by atoms with Crippen molar-refractivity contribution < 1.29 is 4.79 Å². The average Bonchev–Trinajstić information content (AvgIpc) is 2.53. The Balaban J connectivity index is 1.94. The molecule has 1 saturated heterocycles. The lowest BCUT2D eigenvalue weighted by molar-refractivity contribution is 0.0948. The molecule has 1 aromatic carbocycles. The Bertz CT molecular complexity index is 487. The van der Waals surface area contributed by atoms with Crippen molar-refractivity contribution in [3.63, 3.8) is 0 Å². The Morgan fingerprint density at radius 2 is 2.23 bits per heavy atom. The fraction of sp³-hybridized carbons (Fsp3) is 0.611. The first-order valence-electron chi connectivity index (χ1n) is 8.35. The van der Waals surface area contributed by atoms with Gasteiger partial charge in [-0.25, -0.2) is 0 Å². The maximum absolute atomic E-state index is 12.2. The molecule has 1 amide bonds. The number of carbonyl (C=O) groups is 1. The summed E-state index contributed by atoms with van der Waals surface area (Å²) in [6, 6.07) is 8.61. The first-order chi connectivity index (χ1) is 10.6.